The molecular formula is C98H132Cl3IN12NaO10+3. The molecule has 670 valence electrons. The van der Waals surface area contributed by atoms with Crippen molar-refractivity contribution in [2.24, 2.45) is 30.4 Å². The Kier molecular flexibility index (Phi) is 46.6. The van der Waals surface area contributed by atoms with Crippen LogP contribution in [0.5, 0.6) is 0 Å². The van der Waals surface area contributed by atoms with E-state index in [1.165, 1.54) is 42.2 Å². The number of allylic oxidation sites excluding steroid dienone is 6. The summed E-state index contributed by atoms with van der Waals surface area (Å²) in [6.07, 6.45) is 37.2. The number of esters is 2. The third-order valence-corrected chi connectivity index (χ3v) is 23.6. The Morgan fingerprint density at radius 2 is 0.992 bits per heavy atom. The fraction of sp³-hybridized carbons (Fsp3) is 0.459. The van der Waals surface area contributed by atoms with E-state index in [1.807, 2.05) is 78.0 Å². The van der Waals surface area contributed by atoms with Crippen molar-refractivity contribution >= 4 is 146 Å². The summed E-state index contributed by atoms with van der Waals surface area (Å²) < 4.78 is 16.0. The monoisotopic (exact) mass is 1890 g/mol. The number of hydrogen-bond donors (Lipinski definition) is 3. The number of fused-ring (bicyclic) bond motifs is 4. The van der Waals surface area contributed by atoms with Crippen molar-refractivity contribution in [2.45, 2.75) is 222 Å². The normalized spacial score (nSPS) is 17.3. The van der Waals surface area contributed by atoms with E-state index in [0.717, 1.165) is 214 Å². The van der Waals surface area contributed by atoms with Gasteiger partial charge in [-0.25, -0.2) is 18.7 Å². The summed E-state index contributed by atoms with van der Waals surface area (Å²) in [6, 6.07) is 32.7. The predicted octanol–water partition coefficient (Wildman–Crippen LogP) is 16.5. The standard InChI is InChI=1S/C41H52ClN5O4.C20H20ClN3.C17H25N2O2.C16H22N2O2.C2H4O2.CH3I.CH4.ClH.Na/c1-40(2)31-15-13-25-46(23-11-7-9-17-35(48)49)38(31)43-33(40)21-19-29-27-45(5)28-30(37(29)42)20-22-34-41(3,4)32-16-14-26-47(39(32)44-34)24-12-8-10-18-36(50)51-6;1-24-14-16(12-22-18-8-4-2-5-9-18)20(21)17(15-24)13-23-19-10-6-3-7-11-19;1-13-17(2,3)14-9-8-12-19(16(14)18-13)11-7-5-6-10-15(20)21-4;1-12-16(2,3)13-8-7-11-18(15(13)17-12)10-6-4-5-9-14(19)20;1-2(3)4;1-2;;;/h13-16,19-22,25-26H,7-12,17-18,23-24,27-28H2,1-6H3;2-13,22H,14-15H2,1H3;8-9,12H,5-7,10-11H2,1-4H3;7-8,11H,4-6,9-10H2,1-3H3;1H3,(H,3,4);1H3;1H4;1H;/q;;+1;;;;;;+1/p+1/b;16-12+,23-13?;;;;;;;. The Bertz CT molecular complexity index is 4910. The first-order valence-corrected chi connectivity index (χ1v) is 45.1. The number of carbonyl (C=O) groups is 5. The molecule has 0 amide bonds. The first-order chi connectivity index (χ1) is 58.2. The summed E-state index contributed by atoms with van der Waals surface area (Å²) in [7, 11) is 7.06. The molecule has 12 rings (SSSR count). The maximum absolute atomic E-state index is 11.5. The number of nitrogens with zero attached hydrogens (tertiary/aromatic N) is 11. The van der Waals surface area contributed by atoms with Crippen LogP contribution >= 0.6 is 58.2 Å². The number of pyridine rings is 3. The van der Waals surface area contributed by atoms with Crippen LogP contribution in [0.4, 0.5) is 28.8 Å². The zero-order valence-corrected chi connectivity index (χ0v) is 82.2. The number of anilines is 1. The Morgan fingerprint density at radius 3 is 1.47 bits per heavy atom. The molecule has 0 spiro atoms. The summed E-state index contributed by atoms with van der Waals surface area (Å²) in [5, 5.41) is 31.3. The van der Waals surface area contributed by atoms with Gasteiger partial charge in [0.1, 0.15) is 17.3 Å². The van der Waals surface area contributed by atoms with E-state index < -0.39 is 17.9 Å². The molecule has 0 unspecified atom stereocenters. The van der Waals surface area contributed by atoms with E-state index in [9.17, 15) is 19.2 Å². The zero-order valence-electron chi connectivity index (χ0n) is 75.8. The molecule has 0 saturated carbocycles. The smallest absolute Gasteiger partial charge is 0.550 e. The quantitative estimate of drug-likeness (QED) is 0.00709. The Labute approximate surface area is 794 Å². The van der Waals surface area contributed by atoms with E-state index in [0.29, 0.717) is 19.3 Å². The summed E-state index contributed by atoms with van der Waals surface area (Å²) in [5.74, 6) is 1.31. The number of methoxy groups -OCH3 is 2. The van der Waals surface area contributed by atoms with Gasteiger partial charge in [-0.15, -0.1) is 12.4 Å². The number of aryl methyl sites for hydroxylation is 3. The first kappa shape index (κ1) is 109. The van der Waals surface area contributed by atoms with Gasteiger partial charge in [0.2, 0.25) is 0 Å². The van der Waals surface area contributed by atoms with Crippen LogP contribution in [-0.2, 0) is 69.3 Å². The third-order valence-electron chi connectivity index (χ3n) is 22.6. The Balaban J connectivity index is 0.000000370. The van der Waals surface area contributed by atoms with Crippen molar-refractivity contribution in [1.29, 1.82) is 0 Å². The molecule has 0 radical (unpaired) electrons. The number of unbranched alkanes of at least 4 members (excludes halogenated alkanes) is 8. The topological polar surface area (TPSA) is 263 Å². The van der Waals surface area contributed by atoms with Crippen molar-refractivity contribution in [1.82, 2.24) is 14.7 Å². The van der Waals surface area contributed by atoms with Crippen LogP contribution in [0, 0.1) is 5.41 Å². The van der Waals surface area contributed by atoms with Gasteiger partial charge in [0.05, 0.1) is 102 Å². The first-order valence-electron chi connectivity index (χ1n) is 42.2. The molecule has 0 saturated heterocycles. The third kappa shape index (κ3) is 32.1. The number of benzene rings is 2. The number of amidine groups is 1. The molecule has 7 aliphatic heterocycles. The van der Waals surface area contributed by atoms with Crippen LogP contribution in [0.2, 0.25) is 0 Å². The van der Waals surface area contributed by atoms with Crippen molar-refractivity contribution in [3.63, 3.8) is 0 Å². The van der Waals surface area contributed by atoms with Gasteiger partial charge in [0.25, 0.3) is 0 Å². The van der Waals surface area contributed by atoms with Gasteiger partial charge in [-0.1, -0.05) is 128 Å². The van der Waals surface area contributed by atoms with Gasteiger partial charge in [-0.2, -0.15) is 0 Å². The minimum atomic E-state index is -1.08. The number of rotatable bonds is 31. The van der Waals surface area contributed by atoms with Gasteiger partial charge < -0.3 is 39.8 Å². The molecular weight excluding hydrogens is 1760 g/mol. The zero-order chi connectivity index (χ0) is 89.3. The van der Waals surface area contributed by atoms with Gasteiger partial charge in [0.15, 0.2) is 5.71 Å². The molecule has 22 nitrogen and oxygen atoms in total. The molecule has 0 fully saturated rings. The fourth-order valence-corrected chi connectivity index (χ4v) is 15.4. The van der Waals surface area contributed by atoms with Crippen LogP contribution in [0.3, 0.4) is 0 Å². The second-order valence-corrected chi connectivity index (χ2v) is 34.1. The van der Waals surface area contributed by atoms with E-state index in [2.05, 4.69) is 247 Å². The average Bonchev–Trinajstić information content (AvgIpc) is 1.51. The molecule has 3 aromatic heterocycles. The van der Waals surface area contributed by atoms with Crippen LogP contribution < -0.4 is 53.7 Å². The van der Waals surface area contributed by atoms with E-state index >= 15 is 0 Å². The molecule has 125 heavy (non-hydrogen) atoms. The number of carboxylic acid groups (broad SMARTS) is 3. The van der Waals surface area contributed by atoms with Gasteiger partial charge in [0, 0.05) is 116 Å². The van der Waals surface area contributed by atoms with E-state index in [-0.39, 0.29) is 95.8 Å². The summed E-state index contributed by atoms with van der Waals surface area (Å²) in [5.41, 5.74) is 15.0. The van der Waals surface area contributed by atoms with Crippen LogP contribution in [0.1, 0.15) is 203 Å². The molecule has 7 aliphatic rings. The molecule has 10 heterocycles. The second-order valence-electron chi connectivity index (χ2n) is 33.3. The van der Waals surface area contributed by atoms with Gasteiger partial charge >= 0.3 is 70.9 Å². The molecule has 3 N–H and O–H groups in total. The minimum absolute atomic E-state index is 0. The summed E-state index contributed by atoms with van der Waals surface area (Å²) in [6.45, 7) is 29.4. The number of likely N-dealkylation sites (N-methyl/N-ethyl adjacent to an activating group) is 2. The molecule has 0 atom stereocenters. The number of aliphatic imine (C=N–C) groups is 5. The largest absolute Gasteiger partial charge is 1.00 e. The maximum Gasteiger partial charge on any atom is 1.00 e. The maximum atomic E-state index is 11.5. The number of carbonyl (C=O) groups excluding carboxylic acids is 3. The number of para-hydroxylation sites is 2. The summed E-state index contributed by atoms with van der Waals surface area (Å²) >= 11 is 15.9. The summed E-state index contributed by atoms with van der Waals surface area (Å²) in [4.78, 5) is 85.7. The number of aromatic nitrogens is 3. The Morgan fingerprint density at radius 1 is 0.560 bits per heavy atom. The van der Waals surface area contributed by atoms with Gasteiger partial charge in [-0.3, -0.25) is 34.0 Å². The van der Waals surface area contributed by atoms with E-state index in [4.69, 9.17) is 68.0 Å². The fourth-order valence-electron chi connectivity index (χ4n) is 14.9. The van der Waals surface area contributed by atoms with Crippen molar-refractivity contribution < 1.29 is 92.0 Å². The molecule has 5 aromatic rings. The van der Waals surface area contributed by atoms with Crippen LogP contribution in [0.25, 0.3) is 0 Å². The predicted molar refractivity (Wildman–Crippen MR) is 513 cm³/mol. The number of carboxylic acids is 3. The van der Waals surface area contributed by atoms with Crippen LogP contribution in [-0.4, -0.2) is 150 Å². The molecule has 0 bridgehead atoms. The number of ether oxygens (including phenoxy) is 2. The van der Waals surface area contributed by atoms with Crippen molar-refractivity contribution in [3.8, 4) is 0 Å². The average molecular weight is 1890 g/mol. The van der Waals surface area contributed by atoms with E-state index in [1.54, 1.807) is 0 Å². The molecule has 2 aromatic carbocycles. The Hall–Kier alpha value is -8.37. The van der Waals surface area contributed by atoms with Crippen LogP contribution in [0.15, 0.2) is 233 Å². The van der Waals surface area contributed by atoms with Crippen molar-refractivity contribution in [3.05, 3.63) is 225 Å². The second kappa shape index (κ2) is 53.4. The number of alkyl halides is 1. The number of halogens is 4. The SMILES string of the molecule is C.CC(=O)[O-].CC1=Nc2c(ccc[n+]2CCCCCC(=O)O)C1(C)C.CI.CN1CC(C=Nc2ccccc2)=C(Cl)/C(=C/Nc2ccccc2)C1.COC(=O)CCCCCN1C=CC=C2C1=N/C(=C/C=C1\CN(C)CC(/C=C/C3=Nc4c(ccc[n+]4CCCCCC(=O)O)C3(C)C)=C1Cl)C2(C)C.COC(=O)CCCCC[n+]1cccc2c1N=C(C)C2(C)C.Cl.[Na+]. The number of aliphatic carboxylic acids is 3. The minimum Gasteiger partial charge on any atom is -0.550 e. The molecule has 27 heteroatoms. The van der Waals surface area contributed by atoms with Gasteiger partial charge in [-0.05, 0) is 257 Å². The van der Waals surface area contributed by atoms with Crippen molar-refractivity contribution in [2.75, 3.05) is 71.3 Å². The number of nitrogens with one attached hydrogen (secondary N) is 1. The number of hydrogen-bond acceptors (Lipinski definition) is 17. The molecule has 0 aliphatic carbocycles.